The van der Waals surface area contributed by atoms with Gasteiger partial charge in [-0.3, -0.25) is 0 Å². The maximum atomic E-state index is 9.43. The summed E-state index contributed by atoms with van der Waals surface area (Å²) in [6.07, 6.45) is 0. The van der Waals surface area contributed by atoms with Crippen molar-refractivity contribution >= 4 is 0 Å². The molecule has 2 rings (SSSR count). The van der Waals surface area contributed by atoms with Crippen LogP contribution >= 0.6 is 0 Å². The highest BCUT2D eigenvalue weighted by molar-refractivity contribution is 5.27. The summed E-state index contributed by atoms with van der Waals surface area (Å²) in [7, 11) is 0. The molecular weight excluding hydrogens is 250 g/mol. The number of nitrogens with one attached hydrogen (secondary N) is 1. The number of aliphatic hydroxyl groups is 1. The molecule has 2 N–H and O–H groups in total. The summed E-state index contributed by atoms with van der Waals surface area (Å²) in [4.78, 5) is 0. The van der Waals surface area contributed by atoms with Crippen molar-refractivity contribution in [1.82, 2.24) is 5.32 Å². The average molecular weight is 271 g/mol. The first-order valence-electron chi connectivity index (χ1n) is 6.88. The third-order valence-electron chi connectivity index (χ3n) is 3.14. The molecule has 1 atom stereocenters. The summed E-state index contributed by atoms with van der Waals surface area (Å²) in [6, 6.07) is 17.9. The quantitative estimate of drug-likeness (QED) is 0.761. The zero-order valence-corrected chi connectivity index (χ0v) is 11.8. The third kappa shape index (κ3) is 4.37. The Kier molecular flexibility index (Phi) is 5.59. The van der Waals surface area contributed by atoms with E-state index >= 15 is 0 Å². The number of hydrogen-bond donors (Lipinski definition) is 2. The maximum absolute atomic E-state index is 9.43. The highest BCUT2D eigenvalue weighted by Crippen LogP contribution is 2.13. The zero-order valence-electron chi connectivity index (χ0n) is 11.8. The monoisotopic (exact) mass is 271 g/mol. The van der Waals surface area contributed by atoms with Crippen molar-refractivity contribution in [1.29, 1.82) is 0 Å². The molecule has 0 aliphatic heterocycles. The van der Waals surface area contributed by atoms with Gasteiger partial charge >= 0.3 is 0 Å². The van der Waals surface area contributed by atoms with Crippen LogP contribution in [0.3, 0.4) is 0 Å². The van der Waals surface area contributed by atoms with E-state index in [1.54, 1.807) is 0 Å². The van der Waals surface area contributed by atoms with Crippen LogP contribution in [0.1, 0.15) is 17.2 Å². The minimum Gasteiger partial charge on any atom is -0.492 e. The summed E-state index contributed by atoms with van der Waals surface area (Å²) < 4.78 is 5.67. The van der Waals surface area contributed by atoms with Gasteiger partial charge in [0.1, 0.15) is 12.4 Å². The van der Waals surface area contributed by atoms with E-state index in [1.807, 2.05) is 61.5 Å². The molecule has 0 saturated heterocycles. The fourth-order valence-corrected chi connectivity index (χ4v) is 2.08. The number of aryl methyl sites for hydroxylation is 1. The molecule has 0 aromatic heterocycles. The van der Waals surface area contributed by atoms with Gasteiger partial charge in [0.15, 0.2) is 0 Å². The first-order chi connectivity index (χ1) is 9.79. The fourth-order valence-electron chi connectivity index (χ4n) is 2.08. The van der Waals surface area contributed by atoms with Crippen LogP contribution in [0.5, 0.6) is 5.75 Å². The van der Waals surface area contributed by atoms with Crippen molar-refractivity contribution in [3.63, 3.8) is 0 Å². The Bertz CT molecular complexity index is 513. The van der Waals surface area contributed by atoms with Gasteiger partial charge in [0.05, 0.1) is 12.6 Å². The number of ether oxygens (including phenoxy) is 1. The number of rotatable bonds is 7. The van der Waals surface area contributed by atoms with Crippen LogP contribution < -0.4 is 10.1 Å². The summed E-state index contributed by atoms with van der Waals surface area (Å²) in [5.74, 6) is 0.882. The second kappa shape index (κ2) is 7.68. The number of aliphatic hydroxyl groups excluding tert-OH is 1. The van der Waals surface area contributed by atoms with Gasteiger partial charge in [-0.05, 0) is 30.2 Å². The second-order valence-electron chi connectivity index (χ2n) is 4.76. The lowest BCUT2D eigenvalue weighted by Crippen LogP contribution is -2.28. The van der Waals surface area contributed by atoms with E-state index in [0.717, 1.165) is 11.3 Å². The van der Waals surface area contributed by atoms with E-state index in [0.29, 0.717) is 13.2 Å². The van der Waals surface area contributed by atoms with E-state index < -0.39 is 0 Å². The molecule has 0 saturated carbocycles. The van der Waals surface area contributed by atoms with Crippen LogP contribution in [-0.4, -0.2) is 24.9 Å². The third-order valence-corrected chi connectivity index (χ3v) is 3.14. The minimum absolute atomic E-state index is 0.0442. The van der Waals surface area contributed by atoms with E-state index in [1.165, 1.54) is 5.56 Å². The van der Waals surface area contributed by atoms with Crippen LogP contribution in [0.4, 0.5) is 0 Å². The van der Waals surface area contributed by atoms with E-state index in [2.05, 4.69) is 5.32 Å². The molecule has 0 fully saturated rings. The van der Waals surface area contributed by atoms with Crippen molar-refractivity contribution in [2.45, 2.75) is 13.0 Å². The maximum Gasteiger partial charge on any atom is 0.119 e. The highest BCUT2D eigenvalue weighted by atomic mass is 16.5. The van der Waals surface area contributed by atoms with E-state index in [4.69, 9.17) is 4.74 Å². The van der Waals surface area contributed by atoms with Gasteiger partial charge in [-0.25, -0.2) is 0 Å². The summed E-state index contributed by atoms with van der Waals surface area (Å²) in [6.45, 7) is 3.39. The normalized spacial score (nSPS) is 12.1. The molecule has 1 unspecified atom stereocenters. The minimum atomic E-state index is -0.0442. The standard InChI is InChI=1S/C17H21NO2/c1-14-6-5-9-16(12-14)20-11-10-18-17(13-19)15-7-3-2-4-8-15/h2-9,12,17-19H,10-11,13H2,1H3. The van der Waals surface area contributed by atoms with Crippen LogP contribution in [-0.2, 0) is 0 Å². The Morgan fingerprint density at radius 1 is 1.10 bits per heavy atom. The fraction of sp³-hybridized carbons (Fsp3) is 0.294. The number of benzene rings is 2. The van der Waals surface area contributed by atoms with Crippen LogP contribution in [0.15, 0.2) is 54.6 Å². The first kappa shape index (κ1) is 14.6. The molecular formula is C17H21NO2. The second-order valence-corrected chi connectivity index (χ2v) is 4.76. The topological polar surface area (TPSA) is 41.5 Å². The van der Waals surface area contributed by atoms with Crippen LogP contribution in [0.2, 0.25) is 0 Å². The van der Waals surface area contributed by atoms with Gasteiger partial charge in [0, 0.05) is 6.54 Å². The average Bonchev–Trinajstić information content (AvgIpc) is 2.48. The molecule has 0 radical (unpaired) electrons. The van der Waals surface area contributed by atoms with Crippen molar-refractivity contribution in [3.05, 3.63) is 65.7 Å². The van der Waals surface area contributed by atoms with E-state index in [9.17, 15) is 5.11 Å². The molecule has 0 bridgehead atoms. The smallest absolute Gasteiger partial charge is 0.119 e. The molecule has 2 aromatic rings. The molecule has 3 nitrogen and oxygen atoms in total. The van der Waals surface area contributed by atoms with Crippen LogP contribution in [0.25, 0.3) is 0 Å². The molecule has 3 heteroatoms. The molecule has 0 aliphatic rings. The van der Waals surface area contributed by atoms with Gasteiger partial charge in [-0.2, -0.15) is 0 Å². The molecule has 20 heavy (non-hydrogen) atoms. The Morgan fingerprint density at radius 2 is 1.90 bits per heavy atom. The predicted octanol–water partition coefficient (Wildman–Crippen LogP) is 2.70. The Morgan fingerprint density at radius 3 is 2.60 bits per heavy atom. The Labute approximate surface area is 120 Å². The Hall–Kier alpha value is -1.84. The molecule has 0 spiro atoms. The SMILES string of the molecule is Cc1cccc(OCCNC(CO)c2ccccc2)c1. The summed E-state index contributed by atoms with van der Waals surface area (Å²) in [5.41, 5.74) is 2.28. The molecule has 106 valence electrons. The van der Waals surface area contributed by atoms with Crippen LogP contribution in [0, 0.1) is 6.92 Å². The van der Waals surface area contributed by atoms with Gasteiger partial charge in [0.2, 0.25) is 0 Å². The van der Waals surface area contributed by atoms with Crippen molar-refractivity contribution < 1.29 is 9.84 Å². The molecule has 0 heterocycles. The van der Waals surface area contributed by atoms with Crippen molar-refractivity contribution in [2.75, 3.05) is 19.8 Å². The summed E-state index contributed by atoms with van der Waals surface area (Å²) >= 11 is 0. The lowest BCUT2D eigenvalue weighted by molar-refractivity contribution is 0.232. The van der Waals surface area contributed by atoms with Gasteiger partial charge in [0.25, 0.3) is 0 Å². The first-order valence-corrected chi connectivity index (χ1v) is 6.88. The number of hydrogen-bond acceptors (Lipinski definition) is 3. The molecule has 2 aromatic carbocycles. The largest absolute Gasteiger partial charge is 0.492 e. The Balaban J connectivity index is 1.77. The lowest BCUT2D eigenvalue weighted by atomic mass is 10.1. The predicted molar refractivity (Wildman–Crippen MR) is 80.9 cm³/mol. The zero-order chi connectivity index (χ0) is 14.2. The van der Waals surface area contributed by atoms with Gasteiger partial charge < -0.3 is 15.2 Å². The van der Waals surface area contributed by atoms with Gasteiger partial charge in [-0.1, -0.05) is 42.5 Å². The van der Waals surface area contributed by atoms with E-state index in [-0.39, 0.29) is 12.6 Å². The van der Waals surface area contributed by atoms with Crippen molar-refractivity contribution in [2.24, 2.45) is 0 Å². The molecule has 0 aliphatic carbocycles. The lowest BCUT2D eigenvalue weighted by Gasteiger charge is -2.17. The molecule has 0 amide bonds. The van der Waals surface area contributed by atoms with Crippen molar-refractivity contribution in [3.8, 4) is 5.75 Å². The van der Waals surface area contributed by atoms with Gasteiger partial charge in [-0.15, -0.1) is 0 Å². The highest BCUT2D eigenvalue weighted by Gasteiger charge is 2.08. The summed E-state index contributed by atoms with van der Waals surface area (Å²) in [5, 5.41) is 12.7.